The number of carbonyl (C=O) groups excluding carboxylic acids is 1. The third kappa shape index (κ3) is 5.59. The van der Waals surface area contributed by atoms with Crippen molar-refractivity contribution in [2.75, 3.05) is 6.61 Å². The molecule has 27 heavy (non-hydrogen) atoms. The molecule has 1 aliphatic carbocycles. The number of carbonyl (C=O) groups is 1. The molecule has 0 radical (unpaired) electrons. The summed E-state index contributed by atoms with van der Waals surface area (Å²) in [5.41, 5.74) is 1.93. The zero-order chi connectivity index (χ0) is 19.1. The second-order valence-electron chi connectivity index (χ2n) is 7.64. The van der Waals surface area contributed by atoms with Crippen LogP contribution < -0.4 is 9.47 Å². The zero-order valence-corrected chi connectivity index (χ0v) is 16.4. The second kappa shape index (κ2) is 9.59. The van der Waals surface area contributed by atoms with Crippen LogP contribution in [0.15, 0.2) is 48.5 Å². The monoisotopic (exact) mass is 366 g/mol. The van der Waals surface area contributed by atoms with Crippen molar-refractivity contribution in [1.29, 1.82) is 0 Å². The minimum Gasteiger partial charge on any atom is -0.494 e. The van der Waals surface area contributed by atoms with Crippen LogP contribution in [0.4, 0.5) is 0 Å². The molecule has 1 fully saturated rings. The summed E-state index contributed by atoms with van der Waals surface area (Å²) in [5.74, 6) is 2.49. The molecule has 3 nitrogen and oxygen atoms in total. The summed E-state index contributed by atoms with van der Waals surface area (Å²) in [6.45, 7) is 5.18. The Morgan fingerprint density at radius 3 is 2.19 bits per heavy atom. The van der Waals surface area contributed by atoms with Crippen molar-refractivity contribution in [1.82, 2.24) is 0 Å². The van der Waals surface area contributed by atoms with Crippen molar-refractivity contribution in [3.8, 4) is 11.5 Å². The van der Waals surface area contributed by atoms with Crippen LogP contribution in [0, 0.1) is 5.92 Å². The summed E-state index contributed by atoms with van der Waals surface area (Å²) in [4.78, 5) is 12.4. The highest BCUT2D eigenvalue weighted by Crippen LogP contribution is 2.35. The van der Waals surface area contributed by atoms with Crippen molar-refractivity contribution in [3.63, 3.8) is 0 Å². The highest BCUT2D eigenvalue weighted by Gasteiger charge is 2.20. The van der Waals surface area contributed by atoms with Gasteiger partial charge in [0.25, 0.3) is 0 Å². The number of benzene rings is 2. The molecule has 0 aliphatic heterocycles. The summed E-state index contributed by atoms with van der Waals surface area (Å²) in [6.07, 6.45) is 7.23. The lowest BCUT2D eigenvalue weighted by Crippen LogP contribution is -2.12. The van der Waals surface area contributed by atoms with Crippen LogP contribution in [0.3, 0.4) is 0 Å². The van der Waals surface area contributed by atoms with Gasteiger partial charge in [0.1, 0.15) is 11.5 Å². The minimum absolute atomic E-state index is 0.321. The van der Waals surface area contributed by atoms with E-state index < -0.39 is 0 Å². The average Bonchev–Trinajstić information content (AvgIpc) is 2.70. The van der Waals surface area contributed by atoms with Gasteiger partial charge in [-0.15, -0.1) is 0 Å². The van der Waals surface area contributed by atoms with Crippen LogP contribution in [-0.2, 0) is 0 Å². The fraction of sp³-hybridized carbons (Fsp3) is 0.458. The van der Waals surface area contributed by atoms with Crippen LogP contribution in [0.2, 0.25) is 0 Å². The largest absolute Gasteiger partial charge is 0.494 e. The molecule has 1 aliphatic rings. The Kier molecular flexibility index (Phi) is 6.92. The van der Waals surface area contributed by atoms with Gasteiger partial charge in [-0.25, -0.2) is 4.79 Å². The van der Waals surface area contributed by atoms with Gasteiger partial charge in [-0.05, 0) is 73.1 Å². The molecular weight excluding hydrogens is 336 g/mol. The maximum absolute atomic E-state index is 12.4. The first-order chi connectivity index (χ1) is 13.2. The molecule has 0 unspecified atom stereocenters. The molecule has 0 spiro atoms. The summed E-state index contributed by atoms with van der Waals surface area (Å²) in [5, 5.41) is 0. The van der Waals surface area contributed by atoms with E-state index in [9.17, 15) is 4.79 Å². The van der Waals surface area contributed by atoms with Gasteiger partial charge in [0.2, 0.25) is 0 Å². The number of unbranched alkanes of at least 4 members (excludes halogenated alkanes) is 1. The summed E-state index contributed by atoms with van der Waals surface area (Å²) in [7, 11) is 0. The van der Waals surface area contributed by atoms with Gasteiger partial charge in [0.05, 0.1) is 12.2 Å². The van der Waals surface area contributed by atoms with E-state index in [1.807, 2.05) is 24.3 Å². The van der Waals surface area contributed by atoms with E-state index in [0.717, 1.165) is 24.5 Å². The van der Waals surface area contributed by atoms with Gasteiger partial charge in [-0.3, -0.25) is 0 Å². The Morgan fingerprint density at radius 2 is 1.56 bits per heavy atom. The topological polar surface area (TPSA) is 35.5 Å². The lowest BCUT2D eigenvalue weighted by atomic mass is 9.79. The number of hydrogen-bond donors (Lipinski definition) is 0. The maximum Gasteiger partial charge on any atom is 0.343 e. The predicted molar refractivity (Wildman–Crippen MR) is 109 cm³/mol. The molecule has 0 N–H and O–H groups in total. The lowest BCUT2D eigenvalue weighted by molar-refractivity contribution is 0.0734. The molecule has 0 atom stereocenters. The van der Waals surface area contributed by atoms with Gasteiger partial charge in [0, 0.05) is 0 Å². The van der Waals surface area contributed by atoms with Crippen molar-refractivity contribution < 1.29 is 14.3 Å². The number of ether oxygens (including phenoxy) is 2. The fourth-order valence-electron chi connectivity index (χ4n) is 3.59. The van der Waals surface area contributed by atoms with Gasteiger partial charge < -0.3 is 9.47 Å². The van der Waals surface area contributed by atoms with Crippen LogP contribution in [0.1, 0.15) is 74.2 Å². The highest BCUT2D eigenvalue weighted by atomic mass is 16.5. The standard InChI is InChI=1S/C24H30O3/c1-3-4-17-26-22-13-15-23(16-14-22)27-24(25)21-11-9-20(10-12-21)19-7-5-18(2)6-8-19/h9-16,18-19H,3-8,17H2,1-2H3. The van der Waals surface area contributed by atoms with Crippen LogP contribution in [-0.4, -0.2) is 12.6 Å². The van der Waals surface area contributed by atoms with Crippen molar-refractivity contribution in [2.24, 2.45) is 5.92 Å². The smallest absolute Gasteiger partial charge is 0.343 e. The Balaban J connectivity index is 1.54. The van der Waals surface area contributed by atoms with Gasteiger partial charge >= 0.3 is 5.97 Å². The van der Waals surface area contributed by atoms with E-state index in [-0.39, 0.29) is 5.97 Å². The van der Waals surface area contributed by atoms with E-state index in [1.165, 1.54) is 31.2 Å². The summed E-state index contributed by atoms with van der Waals surface area (Å²) in [6, 6.07) is 15.2. The second-order valence-corrected chi connectivity index (χ2v) is 7.64. The molecule has 0 bridgehead atoms. The molecular formula is C24H30O3. The minimum atomic E-state index is -0.321. The molecule has 144 valence electrons. The van der Waals surface area contributed by atoms with Gasteiger partial charge in [0.15, 0.2) is 0 Å². The van der Waals surface area contributed by atoms with Gasteiger partial charge in [-0.1, -0.05) is 45.2 Å². The van der Waals surface area contributed by atoms with E-state index in [2.05, 4.69) is 26.0 Å². The summed E-state index contributed by atoms with van der Waals surface area (Å²) < 4.78 is 11.1. The van der Waals surface area contributed by atoms with E-state index in [1.54, 1.807) is 12.1 Å². The number of hydrogen-bond acceptors (Lipinski definition) is 3. The van der Waals surface area contributed by atoms with Crippen LogP contribution in [0.5, 0.6) is 11.5 Å². The fourth-order valence-corrected chi connectivity index (χ4v) is 3.59. The molecule has 0 amide bonds. The molecule has 0 saturated heterocycles. The lowest BCUT2D eigenvalue weighted by Gasteiger charge is -2.26. The van der Waals surface area contributed by atoms with Crippen LogP contribution in [0.25, 0.3) is 0 Å². The van der Waals surface area contributed by atoms with Gasteiger partial charge in [-0.2, -0.15) is 0 Å². The first-order valence-electron chi connectivity index (χ1n) is 10.2. The third-order valence-corrected chi connectivity index (χ3v) is 5.43. The van der Waals surface area contributed by atoms with E-state index in [0.29, 0.717) is 23.8 Å². The quantitative estimate of drug-likeness (QED) is 0.324. The maximum atomic E-state index is 12.4. The molecule has 1 saturated carbocycles. The number of rotatable bonds is 7. The van der Waals surface area contributed by atoms with Crippen molar-refractivity contribution >= 4 is 5.97 Å². The SMILES string of the molecule is CCCCOc1ccc(OC(=O)c2ccc(C3CCC(C)CC3)cc2)cc1. The predicted octanol–water partition coefficient (Wildman–Crippen LogP) is 6.38. The normalized spacial score (nSPS) is 19.5. The van der Waals surface area contributed by atoms with Crippen molar-refractivity contribution in [3.05, 3.63) is 59.7 Å². The Hall–Kier alpha value is -2.29. The van der Waals surface area contributed by atoms with E-state index >= 15 is 0 Å². The molecule has 2 aromatic carbocycles. The summed E-state index contributed by atoms with van der Waals surface area (Å²) >= 11 is 0. The highest BCUT2D eigenvalue weighted by molar-refractivity contribution is 5.91. The van der Waals surface area contributed by atoms with Crippen molar-refractivity contribution in [2.45, 2.75) is 58.3 Å². The Morgan fingerprint density at radius 1 is 0.926 bits per heavy atom. The molecule has 2 aromatic rings. The van der Waals surface area contributed by atoms with E-state index in [4.69, 9.17) is 9.47 Å². The molecule has 3 rings (SSSR count). The average molecular weight is 367 g/mol. The Bertz CT molecular complexity index is 710. The first-order valence-corrected chi connectivity index (χ1v) is 10.2. The molecule has 3 heteroatoms. The van der Waals surface area contributed by atoms with Crippen LogP contribution >= 0.6 is 0 Å². The first kappa shape index (κ1) is 19.5. The third-order valence-electron chi connectivity index (χ3n) is 5.43. The Labute approximate surface area is 162 Å². The molecule has 0 aromatic heterocycles. The molecule has 0 heterocycles. The number of esters is 1. The zero-order valence-electron chi connectivity index (χ0n) is 16.4.